The minimum absolute atomic E-state index is 0.399. The van der Waals surface area contributed by atoms with Gasteiger partial charge >= 0.3 is 0 Å². The van der Waals surface area contributed by atoms with Crippen LogP contribution in [0.4, 0.5) is 0 Å². The Bertz CT molecular complexity index is 440. The average molecular weight is 292 g/mol. The third-order valence-corrected chi connectivity index (χ3v) is 5.78. The second-order valence-electron chi connectivity index (χ2n) is 6.92. The minimum Gasteiger partial charge on any atom is -0.307 e. The van der Waals surface area contributed by atoms with Crippen molar-refractivity contribution >= 4 is 11.6 Å². The van der Waals surface area contributed by atoms with Gasteiger partial charge in [0.05, 0.1) is 0 Å². The fourth-order valence-electron chi connectivity index (χ4n) is 4.25. The average Bonchev–Trinajstić information content (AvgIpc) is 2.90. The molecule has 0 bridgehead atoms. The van der Waals surface area contributed by atoms with Gasteiger partial charge in [-0.15, -0.1) is 0 Å². The van der Waals surface area contributed by atoms with E-state index in [0.29, 0.717) is 12.1 Å². The second kappa shape index (κ2) is 6.07. The van der Waals surface area contributed by atoms with E-state index in [4.69, 9.17) is 11.6 Å². The van der Waals surface area contributed by atoms with Crippen LogP contribution in [0.3, 0.4) is 0 Å². The largest absolute Gasteiger partial charge is 0.307 e. The van der Waals surface area contributed by atoms with E-state index in [1.807, 2.05) is 12.1 Å². The SMILES string of the molecule is CC(NC1CCC2(CCCC2)CC1)c1cccc(Cl)c1. The smallest absolute Gasteiger partial charge is 0.0409 e. The molecule has 0 amide bonds. The zero-order chi connectivity index (χ0) is 14.0. The fraction of sp³-hybridized carbons (Fsp3) is 0.667. The number of hydrogen-bond donors (Lipinski definition) is 1. The van der Waals surface area contributed by atoms with Crippen LogP contribution in [0.1, 0.15) is 69.9 Å². The highest BCUT2D eigenvalue weighted by atomic mass is 35.5. The highest BCUT2D eigenvalue weighted by Gasteiger charge is 2.37. The summed E-state index contributed by atoms with van der Waals surface area (Å²) in [6.07, 6.45) is 11.5. The van der Waals surface area contributed by atoms with Crippen LogP contribution in [-0.2, 0) is 0 Å². The number of halogens is 1. The molecule has 2 heteroatoms. The molecule has 3 rings (SSSR count). The lowest BCUT2D eigenvalue weighted by atomic mass is 9.71. The molecule has 1 unspecified atom stereocenters. The van der Waals surface area contributed by atoms with Crippen molar-refractivity contribution in [3.63, 3.8) is 0 Å². The molecule has 0 aromatic heterocycles. The Morgan fingerprint density at radius 2 is 1.85 bits per heavy atom. The van der Waals surface area contributed by atoms with Crippen LogP contribution in [0.15, 0.2) is 24.3 Å². The Hall–Kier alpha value is -0.530. The summed E-state index contributed by atoms with van der Waals surface area (Å²) in [5.74, 6) is 0. The summed E-state index contributed by atoms with van der Waals surface area (Å²) in [4.78, 5) is 0. The van der Waals surface area contributed by atoms with Gasteiger partial charge < -0.3 is 5.32 Å². The first-order valence-corrected chi connectivity index (χ1v) is 8.56. The summed E-state index contributed by atoms with van der Waals surface area (Å²) in [6.45, 7) is 2.26. The predicted molar refractivity (Wildman–Crippen MR) is 86.2 cm³/mol. The molecule has 110 valence electrons. The molecule has 0 heterocycles. The quantitative estimate of drug-likeness (QED) is 0.776. The first-order chi connectivity index (χ1) is 9.67. The van der Waals surface area contributed by atoms with E-state index in [9.17, 15) is 0 Å². The van der Waals surface area contributed by atoms with Crippen LogP contribution in [0, 0.1) is 5.41 Å². The highest BCUT2D eigenvalue weighted by molar-refractivity contribution is 6.30. The maximum atomic E-state index is 6.09. The maximum Gasteiger partial charge on any atom is 0.0409 e. The third-order valence-electron chi connectivity index (χ3n) is 5.54. The molecule has 2 fully saturated rings. The Morgan fingerprint density at radius 1 is 1.15 bits per heavy atom. The monoisotopic (exact) mass is 291 g/mol. The van der Waals surface area contributed by atoms with E-state index in [0.717, 1.165) is 10.4 Å². The van der Waals surface area contributed by atoms with Crippen molar-refractivity contribution in [1.29, 1.82) is 0 Å². The number of benzene rings is 1. The van der Waals surface area contributed by atoms with Crippen LogP contribution in [0.2, 0.25) is 5.02 Å². The Labute approximate surface area is 128 Å². The fourth-order valence-corrected chi connectivity index (χ4v) is 4.45. The summed E-state index contributed by atoms with van der Waals surface area (Å²) in [5.41, 5.74) is 2.04. The minimum atomic E-state index is 0.399. The van der Waals surface area contributed by atoms with Crippen molar-refractivity contribution in [2.24, 2.45) is 5.41 Å². The van der Waals surface area contributed by atoms with Gasteiger partial charge in [-0.3, -0.25) is 0 Å². The summed E-state index contributed by atoms with van der Waals surface area (Å²) in [7, 11) is 0. The Kier molecular flexibility index (Phi) is 4.37. The molecule has 0 radical (unpaired) electrons. The third kappa shape index (κ3) is 3.20. The van der Waals surface area contributed by atoms with Crippen molar-refractivity contribution < 1.29 is 0 Å². The van der Waals surface area contributed by atoms with E-state index >= 15 is 0 Å². The zero-order valence-corrected chi connectivity index (χ0v) is 13.3. The Morgan fingerprint density at radius 3 is 2.50 bits per heavy atom. The van der Waals surface area contributed by atoms with Gasteiger partial charge in [-0.05, 0) is 68.6 Å². The molecule has 1 aromatic rings. The first kappa shape index (κ1) is 14.4. The second-order valence-corrected chi connectivity index (χ2v) is 7.36. The highest BCUT2D eigenvalue weighted by Crippen LogP contribution is 2.49. The van der Waals surface area contributed by atoms with E-state index in [1.54, 1.807) is 0 Å². The van der Waals surface area contributed by atoms with Crippen molar-refractivity contribution in [2.75, 3.05) is 0 Å². The first-order valence-electron chi connectivity index (χ1n) is 8.18. The van der Waals surface area contributed by atoms with Gasteiger partial charge in [-0.2, -0.15) is 0 Å². The number of rotatable bonds is 3. The van der Waals surface area contributed by atoms with Crippen molar-refractivity contribution in [3.8, 4) is 0 Å². The van der Waals surface area contributed by atoms with Gasteiger partial charge in [0.15, 0.2) is 0 Å². The van der Waals surface area contributed by atoms with Gasteiger partial charge in [0, 0.05) is 17.1 Å². The van der Waals surface area contributed by atoms with Gasteiger partial charge in [0.1, 0.15) is 0 Å². The molecule has 2 saturated carbocycles. The maximum absolute atomic E-state index is 6.09. The summed E-state index contributed by atoms with van der Waals surface area (Å²) in [6, 6.07) is 9.34. The van der Waals surface area contributed by atoms with Crippen LogP contribution >= 0.6 is 11.6 Å². The summed E-state index contributed by atoms with van der Waals surface area (Å²) >= 11 is 6.09. The lowest BCUT2D eigenvalue weighted by Gasteiger charge is -2.38. The molecule has 1 atom stereocenters. The molecular formula is C18H26ClN. The molecule has 20 heavy (non-hydrogen) atoms. The molecule has 1 aromatic carbocycles. The van der Waals surface area contributed by atoms with Crippen molar-refractivity contribution in [2.45, 2.75) is 70.4 Å². The van der Waals surface area contributed by atoms with Crippen LogP contribution in [-0.4, -0.2) is 6.04 Å². The molecule has 2 aliphatic rings. The molecular weight excluding hydrogens is 266 g/mol. The number of hydrogen-bond acceptors (Lipinski definition) is 1. The number of nitrogens with one attached hydrogen (secondary N) is 1. The lowest BCUT2D eigenvalue weighted by Crippen LogP contribution is -2.37. The molecule has 1 nitrogen and oxygen atoms in total. The predicted octanol–water partition coefficient (Wildman–Crippen LogP) is 5.49. The van der Waals surface area contributed by atoms with E-state index in [2.05, 4.69) is 24.4 Å². The van der Waals surface area contributed by atoms with Crippen molar-refractivity contribution in [3.05, 3.63) is 34.9 Å². The molecule has 1 N–H and O–H groups in total. The zero-order valence-electron chi connectivity index (χ0n) is 12.5. The van der Waals surface area contributed by atoms with Crippen LogP contribution < -0.4 is 5.32 Å². The Balaban J connectivity index is 1.54. The van der Waals surface area contributed by atoms with Crippen molar-refractivity contribution in [1.82, 2.24) is 5.32 Å². The van der Waals surface area contributed by atoms with E-state index in [-0.39, 0.29) is 0 Å². The van der Waals surface area contributed by atoms with Crippen LogP contribution in [0.5, 0.6) is 0 Å². The van der Waals surface area contributed by atoms with Crippen LogP contribution in [0.25, 0.3) is 0 Å². The topological polar surface area (TPSA) is 12.0 Å². The molecule has 1 spiro atoms. The summed E-state index contributed by atoms with van der Waals surface area (Å²) in [5, 5.41) is 4.65. The normalized spacial score (nSPS) is 24.1. The van der Waals surface area contributed by atoms with E-state index < -0.39 is 0 Å². The van der Waals surface area contributed by atoms with Gasteiger partial charge in [0.2, 0.25) is 0 Å². The van der Waals surface area contributed by atoms with Gasteiger partial charge in [-0.1, -0.05) is 36.6 Å². The molecule has 0 aliphatic heterocycles. The van der Waals surface area contributed by atoms with Gasteiger partial charge in [0.25, 0.3) is 0 Å². The standard InChI is InChI=1S/C18H26ClN/c1-14(15-5-4-6-16(19)13-15)20-17-7-11-18(12-8-17)9-2-3-10-18/h4-6,13-14,17,20H,2-3,7-12H2,1H3. The molecule has 2 aliphatic carbocycles. The lowest BCUT2D eigenvalue weighted by molar-refractivity contribution is 0.164. The van der Waals surface area contributed by atoms with E-state index in [1.165, 1.54) is 56.9 Å². The molecule has 0 saturated heterocycles. The summed E-state index contributed by atoms with van der Waals surface area (Å²) < 4.78 is 0. The van der Waals surface area contributed by atoms with Gasteiger partial charge in [-0.25, -0.2) is 0 Å².